The van der Waals surface area contributed by atoms with E-state index < -0.39 is 0 Å². The van der Waals surface area contributed by atoms with Crippen molar-refractivity contribution in [3.63, 3.8) is 0 Å². The second-order valence-electron chi connectivity index (χ2n) is 7.79. The molecule has 0 fully saturated rings. The summed E-state index contributed by atoms with van der Waals surface area (Å²) < 4.78 is 5.44. The van der Waals surface area contributed by atoms with Gasteiger partial charge in [-0.05, 0) is 42.0 Å². The summed E-state index contributed by atoms with van der Waals surface area (Å²) in [6.45, 7) is 0.645. The third-order valence-corrected chi connectivity index (χ3v) is 5.69. The molecule has 3 aromatic carbocycles. The van der Waals surface area contributed by atoms with Crippen molar-refractivity contribution in [2.24, 2.45) is 0 Å². The molecule has 0 saturated heterocycles. The molecule has 8 heteroatoms. The van der Waals surface area contributed by atoms with E-state index in [0.29, 0.717) is 12.1 Å². The van der Waals surface area contributed by atoms with E-state index in [2.05, 4.69) is 45.1 Å². The second-order valence-corrected chi connectivity index (χ2v) is 7.79. The molecule has 0 amide bonds. The Kier molecular flexibility index (Phi) is 5.86. The van der Waals surface area contributed by atoms with Gasteiger partial charge in [-0.1, -0.05) is 48.5 Å². The molecule has 3 heterocycles. The number of nitrogens with zero attached hydrogens (tertiary/aromatic N) is 5. The largest absolute Gasteiger partial charge is 0.373 e. The van der Waals surface area contributed by atoms with Crippen LogP contribution in [0.25, 0.3) is 33.5 Å². The summed E-state index contributed by atoms with van der Waals surface area (Å²) in [6.07, 6.45) is 5.86. The van der Waals surface area contributed by atoms with Gasteiger partial charge in [0.25, 0.3) is 5.56 Å². The fourth-order valence-electron chi connectivity index (χ4n) is 4.13. The van der Waals surface area contributed by atoms with Crippen LogP contribution in [0.5, 0.6) is 0 Å². The second kappa shape index (κ2) is 9.43. The molecule has 0 N–H and O–H groups in total. The molecule has 0 radical (unpaired) electrons. The van der Waals surface area contributed by atoms with Crippen molar-refractivity contribution in [2.45, 2.75) is 6.54 Å². The normalized spacial score (nSPS) is 10.6. The first-order valence-corrected chi connectivity index (χ1v) is 10.8. The van der Waals surface area contributed by atoms with Gasteiger partial charge in [-0.15, -0.1) is 0 Å². The van der Waals surface area contributed by atoms with E-state index in [4.69, 9.17) is 9.59 Å². The van der Waals surface area contributed by atoms with E-state index >= 15 is 0 Å². The van der Waals surface area contributed by atoms with Gasteiger partial charge in [0, 0.05) is 30.5 Å². The zero-order valence-corrected chi connectivity index (χ0v) is 18.5. The Bertz CT molecular complexity index is 1640. The highest BCUT2D eigenvalue weighted by atomic mass is 16.2. The number of benzene rings is 3. The van der Waals surface area contributed by atoms with Gasteiger partial charge in [0.2, 0.25) is 0 Å². The zero-order valence-electron chi connectivity index (χ0n) is 18.5. The molecule has 4 aromatic rings. The number of carbonyl (C=O) groups excluding carboxylic acids is 2. The van der Waals surface area contributed by atoms with E-state index in [1.807, 2.05) is 71.7 Å². The van der Waals surface area contributed by atoms with Crippen LogP contribution in [0, 0.1) is 0 Å². The maximum absolute atomic E-state index is 13.2. The smallest absolute Gasteiger partial charge is 0.342 e. The van der Waals surface area contributed by atoms with Crippen molar-refractivity contribution in [1.29, 1.82) is 0 Å². The maximum Gasteiger partial charge on any atom is 0.373 e. The molecule has 2 aliphatic rings. The summed E-state index contributed by atoms with van der Waals surface area (Å²) in [5.41, 5.74) is 5.17. The van der Waals surface area contributed by atoms with Gasteiger partial charge >= 0.3 is 6.15 Å². The summed E-state index contributed by atoms with van der Waals surface area (Å²) in [7, 11) is 0. The lowest BCUT2D eigenvalue weighted by Gasteiger charge is -2.14. The van der Waals surface area contributed by atoms with Gasteiger partial charge in [0.15, 0.2) is 0 Å². The van der Waals surface area contributed by atoms with E-state index in [0.717, 1.165) is 33.5 Å². The predicted octanol–water partition coefficient (Wildman–Crippen LogP) is 3.94. The van der Waals surface area contributed by atoms with E-state index in [1.54, 1.807) is 6.20 Å². The van der Waals surface area contributed by atoms with Crippen LogP contribution < -0.4 is 5.56 Å². The number of rotatable bonds is 4. The van der Waals surface area contributed by atoms with Crippen molar-refractivity contribution in [1.82, 2.24) is 24.1 Å². The predicted molar refractivity (Wildman–Crippen MR) is 130 cm³/mol. The Balaban J connectivity index is 0.000000806. The van der Waals surface area contributed by atoms with E-state index in [9.17, 15) is 4.79 Å². The Morgan fingerprint density at radius 1 is 0.800 bits per heavy atom. The molecular formula is C27H19N5O3. The first-order chi connectivity index (χ1) is 17.2. The highest BCUT2D eigenvalue weighted by Gasteiger charge is 2.20. The van der Waals surface area contributed by atoms with Crippen LogP contribution in [-0.4, -0.2) is 30.3 Å². The number of pyridine rings is 1. The van der Waals surface area contributed by atoms with Gasteiger partial charge in [-0.3, -0.25) is 4.79 Å². The fraction of sp³-hybridized carbons (Fsp3) is 0.0370. The third-order valence-electron chi connectivity index (χ3n) is 5.69. The summed E-state index contributed by atoms with van der Waals surface area (Å²) in [4.78, 5) is 29.5. The fourth-order valence-corrected chi connectivity index (χ4v) is 4.13. The van der Waals surface area contributed by atoms with E-state index in [-0.39, 0.29) is 11.7 Å². The molecule has 1 aromatic heterocycles. The lowest BCUT2D eigenvalue weighted by molar-refractivity contribution is -0.191. The molecule has 2 aliphatic heterocycles. The minimum Gasteiger partial charge on any atom is -0.342 e. The number of hydrogen-bond donors (Lipinski definition) is 0. The summed E-state index contributed by atoms with van der Waals surface area (Å²) >= 11 is 0. The van der Waals surface area contributed by atoms with Crippen LogP contribution in [0.15, 0.2) is 108 Å². The van der Waals surface area contributed by atoms with E-state index in [1.165, 1.54) is 4.68 Å². The number of hydrogen-bond acceptors (Lipinski definition) is 5. The first-order valence-electron chi connectivity index (χ1n) is 10.8. The lowest BCUT2D eigenvalue weighted by atomic mass is 10.1. The van der Waals surface area contributed by atoms with Gasteiger partial charge in [-0.2, -0.15) is 24.5 Å². The molecule has 0 bridgehead atoms. The highest BCUT2D eigenvalue weighted by Crippen LogP contribution is 2.28. The van der Waals surface area contributed by atoms with Crippen LogP contribution in [0.4, 0.5) is 0 Å². The summed E-state index contributed by atoms with van der Waals surface area (Å²) in [5, 5.41) is 9.92. The molecular weight excluding hydrogens is 442 g/mol. The molecule has 35 heavy (non-hydrogen) atoms. The van der Waals surface area contributed by atoms with Crippen molar-refractivity contribution < 1.29 is 9.59 Å². The van der Waals surface area contributed by atoms with Gasteiger partial charge in [0.1, 0.15) is 5.69 Å². The molecule has 170 valence electrons. The number of para-hydroxylation sites is 2. The third kappa shape index (κ3) is 4.17. The summed E-state index contributed by atoms with van der Waals surface area (Å²) in [5.74, 6) is 0. The molecule has 6 rings (SSSR count). The lowest BCUT2D eigenvalue weighted by Crippen LogP contribution is -2.15. The maximum atomic E-state index is 13.2. The molecule has 0 saturated carbocycles. The van der Waals surface area contributed by atoms with Crippen LogP contribution in [-0.2, 0) is 16.1 Å². The minimum absolute atomic E-state index is 0.111. The molecule has 0 aliphatic carbocycles. The molecule has 0 spiro atoms. The summed E-state index contributed by atoms with van der Waals surface area (Å²) in [6, 6.07) is 27.8. The van der Waals surface area contributed by atoms with Crippen molar-refractivity contribution in [2.75, 3.05) is 0 Å². The standard InChI is InChI=1S/C26H19N5O.CO2/c32-26-23-18-29(17-19-11-13-20(14-12-19)30-16-6-15-27-30)24-10-5-4-9-22(24)25(23)28-31(26)21-7-2-1-3-8-21;2-1-3/h1-16,18H,17H2;. The quantitative estimate of drug-likeness (QED) is 0.397. The Morgan fingerprint density at radius 3 is 2.23 bits per heavy atom. The molecule has 0 atom stereocenters. The Morgan fingerprint density at radius 2 is 1.51 bits per heavy atom. The molecule has 8 nitrogen and oxygen atoms in total. The van der Waals surface area contributed by atoms with Crippen LogP contribution in [0.2, 0.25) is 0 Å². The minimum atomic E-state index is -0.111. The zero-order chi connectivity index (χ0) is 24.2. The molecule has 0 unspecified atom stereocenters. The Labute approximate surface area is 199 Å². The number of aromatic nitrogens is 5. The van der Waals surface area contributed by atoms with Crippen molar-refractivity contribution >= 4 is 17.1 Å². The number of fused-ring (bicyclic) bond motifs is 3. The van der Waals surface area contributed by atoms with Crippen LogP contribution in [0.3, 0.4) is 0 Å². The highest BCUT2D eigenvalue weighted by molar-refractivity contribution is 5.93. The average molecular weight is 461 g/mol. The topological polar surface area (TPSA) is 91.8 Å². The van der Waals surface area contributed by atoms with Crippen molar-refractivity contribution in [3.8, 4) is 22.6 Å². The Hall–Kier alpha value is -5.07. The van der Waals surface area contributed by atoms with Crippen molar-refractivity contribution in [3.05, 3.63) is 119 Å². The first kappa shape index (κ1) is 21.8. The monoisotopic (exact) mass is 461 g/mol. The van der Waals surface area contributed by atoms with Gasteiger partial charge in [-0.25, -0.2) is 4.68 Å². The van der Waals surface area contributed by atoms with Gasteiger partial charge in [0.05, 0.1) is 22.5 Å². The SMILES string of the molecule is O=C=O.O=c1c2cn(Cc3ccc(-n4cccn4)cc3)c3ccccc3c-2nn1-c1ccccc1. The van der Waals surface area contributed by atoms with Crippen LogP contribution >= 0.6 is 0 Å². The van der Waals surface area contributed by atoms with Crippen LogP contribution in [0.1, 0.15) is 5.56 Å². The van der Waals surface area contributed by atoms with Gasteiger partial charge < -0.3 is 4.57 Å². The average Bonchev–Trinajstić information content (AvgIpc) is 3.55.